The van der Waals surface area contributed by atoms with Gasteiger partial charge in [-0.1, -0.05) is 0 Å². The summed E-state index contributed by atoms with van der Waals surface area (Å²) in [5.74, 6) is -4.18. The lowest BCUT2D eigenvalue weighted by molar-refractivity contribution is -0.131. The van der Waals surface area contributed by atoms with Crippen LogP contribution in [-0.2, 0) is 38.6 Å². The van der Waals surface area contributed by atoms with Crippen LogP contribution in [0.4, 0.5) is 10.1 Å². The van der Waals surface area contributed by atoms with E-state index in [2.05, 4.69) is 23.5 Å². The maximum Gasteiger partial charge on any atom is 0.410 e. The summed E-state index contributed by atoms with van der Waals surface area (Å²) in [6.07, 6.45) is 3.83. The molecule has 33 heavy (non-hydrogen) atoms. The Bertz CT molecular complexity index is 1320. The van der Waals surface area contributed by atoms with Crippen molar-refractivity contribution < 1.29 is 43.9 Å². The number of fused-ring (bicyclic) bond motifs is 1. The van der Waals surface area contributed by atoms with Crippen LogP contribution in [-0.4, -0.2) is 45.3 Å². The van der Waals surface area contributed by atoms with Gasteiger partial charge in [-0.15, -0.1) is 0 Å². The number of anilines is 1. The number of nitrogens with one attached hydrogen (secondary N) is 2. The third-order valence-electron chi connectivity index (χ3n) is 4.28. The minimum absolute atomic E-state index is 0.0332. The highest BCUT2D eigenvalue weighted by molar-refractivity contribution is 7.88. The standard InChI is InChI=1S/C17H17FN4O9S2/c1-9(4-15(23)30-32(19,25)26)17(24)31-33(27,28)22-13-6-10(18)5-12-11(2-3-29-16(12)13)14-7-20-8-21-14/h4-8,11,22H,2-3H2,1H3,(H,20,21)(H2,19,25,26)/b9-4-. The lowest BCUT2D eigenvalue weighted by Crippen LogP contribution is -2.24. The Morgan fingerprint density at radius 3 is 2.67 bits per heavy atom. The van der Waals surface area contributed by atoms with Gasteiger partial charge in [0.25, 0.3) is 0 Å². The molecule has 0 fully saturated rings. The highest BCUT2D eigenvalue weighted by Crippen LogP contribution is 2.42. The highest BCUT2D eigenvalue weighted by Gasteiger charge is 2.30. The number of carbonyl (C=O) groups is 2. The molecule has 0 bridgehead atoms. The van der Waals surface area contributed by atoms with Crippen LogP contribution in [0.5, 0.6) is 5.75 Å². The Morgan fingerprint density at radius 2 is 2.03 bits per heavy atom. The average Bonchev–Trinajstić information content (AvgIpc) is 3.19. The fraction of sp³-hybridized carbons (Fsp3) is 0.235. The topological polar surface area (TPSA) is 197 Å². The summed E-state index contributed by atoms with van der Waals surface area (Å²) in [6.45, 7) is 1.15. The minimum atomic E-state index is -4.87. The molecule has 0 spiro atoms. The van der Waals surface area contributed by atoms with Gasteiger partial charge in [0.05, 0.1) is 18.6 Å². The molecule has 1 aliphatic rings. The second kappa shape index (κ2) is 9.16. The third kappa shape index (κ3) is 6.27. The van der Waals surface area contributed by atoms with E-state index in [4.69, 9.17) is 4.74 Å². The molecule has 13 nitrogen and oxygen atoms in total. The molecule has 2 heterocycles. The maximum absolute atomic E-state index is 14.3. The first kappa shape index (κ1) is 24.1. The van der Waals surface area contributed by atoms with E-state index in [1.165, 1.54) is 12.4 Å². The first-order valence-electron chi connectivity index (χ1n) is 9.00. The summed E-state index contributed by atoms with van der Waals surface area (Å²) in [5, 5.41) is 4.51. The second-order valence-electron chi connectivity index (χ2n) is 6.72. The first-order valence-corrected chi connectivity index (χ1v) is 11.9. The molecule has 4 N–H and O–H groups in total. The number of halogens is 1. The van der Waals surface area contributed by atoms with Gasteiger partial charge in [0, 0.05) is 41.1 Å². The number of nitrogens with zero attached hydrogens (tertiary/aromatic N) is 1. The number of H-pyrrole nitrogens is 1. The normalized spacial score (nSPS) is 16.3. The molecule has 2 aromatic rings. The molecule has 1 aliphatic heterocycles. The van der Waals surface area contributed by atoms with Crippen LogP contribution in [0.3, 0.4) is 0 Å². The van der Waals surface area contributed by atoms with Crippen LogP contribution in [0.2, 0.25) is 0 Å². The van der Waals surface area contributed by atoms with Crippen molar-refractivity contribution in [1.82, 2.24) is 9.97 Å². The van der Waals surface area contributed by atoms with Crippen molar-refractivity contribution >= 4 is 38.2 Å². The van der Waals surface area contributed by atoms with E-state index >= 15 is 0 Å². The van der Waals surface area contributed by atoms with E-state index in [1.54, 1.807) is 6.20 Å². The SMILES string of the molecule is C/C(=C/C(=O)OS(N)(=O)=O)C(=O)OS(=O)(=O)Nc1cc(F)cc2c1OCCC2c1cnc[nH]1. The van der Waals surface area contributed by atoms with Crippen molar-refractivity contribution in [2.45, 2.75) is 19.3 Å². The van der Waals surface area contributed by atoms with Gasteiger partial charge in [-0.25, -0.2) is 23.7 Å². The quantitative estimate of drug-likeness (QED) is 0.443. The van der Waals surface area contributed by atoms with Crippen LogP contribution in [0.15, 0.2) is 36.3 Å². The summed E-state index contributed by atoms with van der Waals surface area (Å²) < 4.78 is 75.9. The number of carbonyl (C=O) groups excluding carboxylic acids is 2. The number of imidazole rings is 1. The van der Waals surface area contributed by atoms with Gasteiger partial charge in [-0.2, -0.15) is 22.0 Å². The largest absolute Gasteiger partial charge is 0.491 e. The summed E-state index contributed by atoms with van der Waals surface area (Å²) in [4.78, 5) is 30.2. The Balaban J connectivity index is 1.82. The van der Waals surface area contributed by atoms with Gasteiger partial charge in [-0.05, 0) is 19.4 Å². The van der Waals surface area contributed by atoms with Crippen molar-refractivity contribution in [3.8, 4) is 5.75 Å². The molecule has 0 aliphatic carbocycles. The van der Waals surface area contributed by atoms with E-state index in [0.29, 0.717) is 23.8 Å². The monoisotopic (exact) mass is 504 g/mol. The lowest BCUT2D eigenvalue weighted by Gasteiger charge is -2.27. The van der Waals surface area contributed by atoms with Crippen LogP contribution in [0.1, 0.15) is 30.5 Å². The van der Waals surface area contributed by atoms with Crippen LogP contribution in [0, 0.1) is 5.82 Å². The van der Waals surface area contributed by atoms with E-state index in [0.717, 1.165) is 13.0 Å². The van der Waals surface area contributed by atoms with E-state index in [1.807, 2.05) is 4.72 Å². The second-order valence-corrected chi connectivity index (χ2v) is 9.15. The number of hydrogen-bond donors (Lipinski definition) is 3. The average molecular weight is 504 g/mol. The molecule has 1 aromatic heterocycles. The maximum atomic E-state index is 14.3. The summed E-state index contributed by atoms with van der Waals surface area (Å²) in [5.41, 5.74) is 0.0667. The Labute approximate surface area is 187 Å². The molecule has 178 valence electrons. The highest BCUT2D eigenvalue weighted by atomic mass is 32.2. The Kier molecular flexibility index (Phi) is 6.71. The van der Waals surface area contributed by atoms with Gasteiger partial charge in [0.2, 0.25) is 0 Å². The molecule has 1 aromatic carbocycles. The first-order chi connectivity index (χ1) is 15.3. The third-order valence-corrected chi connectivity index (χ3v) is 5.52. The molecule has 1 unspecified atom stereocenters. The van der Waals surface area contributed by atoms with Gasteiger partial charge < -0.3 is 18.1 Å². The van der Waals surface area contributed by atoms with Crippen molar-refractivity contribution in [3.63, 3.8) is 0 Å². The summed E-state index contributed by atoms with van der Waals surface area (Å²) >= 11 is 0. The van der Waals surface area contributed by atoms with Crippen molar-refractivity contribution in [2.75, 3.05) is 11.3 Å². The zero-order valence-corrected chi connectivity index (χ0v) is 18.4. The molecule has 1 atom stereocenters. The number of benzene rings is 1. The summed E-state index contributed by atoms with van der Waals surface area (Å²) in [6, 6.07) is 2.03. The molecular formula is C17H17FN4O9S2. The van der Waals surface area contributed by atoms with Gasteiger partial charge >= 0.3 is 32.5 Å². The fourth-order valence-electron chi connectivity index (χ4n) is 3.02. The van der Waals surface area contributed by atoms with Crippen LogP contribution in [0.25, 0.3) is 0 Å². The predicted octanol–water partition coefficient (Wildman–Crippen LogP) is 0.356. The van der Waals surface area contributed by atoms with Gasteiger partial charge in [0.15, 0.2) is 0 Å². The Morgan fingerprint density at radius 1 is 1.30 bits per heavy atom. The van der Waals surface area contributed by atoms with Crippen molar-refractivity contribution in [3.05, 3.63) is 53.4 Å². The van der Waals surface area contributed by atoms with Crippen LogP contribution >= 0.6 is 0 Å². The fourth-order valence-corrected chi connectivity index (χ4v) is 4.09. The molecule has 0 saturated carbocycles. The molecule has 16 heteroatoms. The van der Waals surface area contributed by atoms with Crippen LogP contribution < -0.4 is 14.6 Å². The minimum Gasteiger partial charge on any atom is -0.491 e. The number of rotatable bonds is 7. The van der Waals surface area contributed by atoms with E-state index in [-0.39, 0.29) is 24.0 Å². The molecule has 0 radical (unpaired) electrons. The van der Waals surface area contributed by atoms with Gasteiger partial charge in [-0.3, -0.25) is 0 Å². The Hall–Kier alpha value is -3.50. The number of ether oxygens (including phenoxy) is 1. The molecular weight excluding hydrogens is 487 g/mol. The number of aromatic amines is 1. The predicted molar refractivity (Wildman–Crippen MR) is 109 cm³/mol. The van der Waals surface area contributed by atoms with E-state index in [9.17, 15) is 30.8 Å². The van der Waals surface area contributed by atoms with Crippen molar-refractivity contribution in [2.24, 2.45) is 5.14 Å². The molecule has 0 amide bonds. The van der Waals surface area contributed by atoms with Crippen molar-refractivity contribution in [1.29, 1.82) is 0 Å². The zero-order valence-electron chi connectivity index (χ0n) is 16.8. The number of aromatic nitrogens is 2. The number of hydrogen-bond acceptors (Lipinski definition) is 10. The number of nitrogens with two attached hydrogens (primary N) is 1. The lowest BCUT2D eigenvalue weighted by atomic mass is 9.90. The zero-order chi connectivity index (χ0) is 24.4. The smallest absolute Gasteiger partial charge is 0.410 e. The molecule has 0 saturated heterocycles. The van der Waals surface area contributed by atoms with E-state index < -0.39 is 43.9 Å². The summed E-state index contributed by atoms with van der Waals surface area (Å²) in [7, 11) is -9.51. The van der Waals surface area contributed by atoms with Gasteiger partial charge in [0.1, 0.15) is 11.6 Å². The molecule has 3 rings (SSSR count).